The van der Waals surface area contributed by atoms with Gasteiger partial charge in [0.2, 0.25) is 11.8 Å². The third-order valence-electron chi connectivity index (χ3n) is 4.99. The van der Waals surface area contributed by atoms with Crippen molar-refractivity contribution in [1.29, 1.82) is 0 Å². The summed E-state index contributed by atoms with van der Waals surface area (Å²) in [7, 11) is 4.80. The van der Waals surface area contributed by atoms with E-state index in [0.29, 0.717) is 34.1 Å². The van der Waals surface area contributed by atoms with Gasteiger partial charge in [-0.1, -0.05) is 12.1 Å². The van der Waals surface area contributed by atoms with Gasteiger partial charge in [-0.15, -0.1) is 0 Å². The van der Waals surface area contributed by atoms with Crippen LogP contribution in [0.4, 0.5) is 17.1 Å². The van der Waals surface area contributed by atoms with E-state index in [1.54, 1.807) is 99.0 Å². The molecule has 0 spiro atoms. The zero-order chi connectivity index (χ0) is 25.2. The van der Waals surface area contributed by atoms with E-state index in [0.717, 1.165) is 0 Å². The van der Waals surface area contributed by atoms with Crippen LogP contribution >= 0.6 is 0 Å². The minimum atomic E-state index is -0.363. The molecule has 3 rings (SSSR count). The zero-order valence-corrected chi connectivity index (χ0v) is 19.8. The molecule has 182 valence electrons. The van der Waals surface area contributed by atoms with E-state index in [1.165, 1.54) is 0 Å². The molecule has 0 aromatic heterocycles. The van der Waals surface area contributed by atoms with Crippen molar-refractivity contribution >= 4 is 34.8 Å². The van der Waals surface area contributed by atoms with Crippen LogP contribution in [0.1, 0.15) is 10.4 Å². The van der Waals surface area contributed by atoms with Gasteiger partial charge in [-0.2, -0.15) is 0 Å². The lowest BCUT2D eigenvalue weighted by molar-refractivity contribution is -0.119. The summed E-state index contributed by atoms with van der Waals surface area (Å²) in [5.41, 5.74) is 1.92. The highest BCUT2D eigenvalue weighted by Crippen LogP contribution is 2.20. The first-order chi connectivity index (χ1) is 16.9. The van der Waals surface area contributed by atoms with E-state index in [2.05, 4.69) is 16.0 Å². The molecule has 0 saturated heterocycles. The maximum atomic E-state index is 12.8. The Morgan fingerprint density at radius 3 is 1.71 bits per heavy atom. The number of anilines is 3. The van der Waals surface area contributed by atoms with Crippen LogP contribution < -0.4 is 25.4 Å². The fraction of sp³-hybridized carbons (Fsp3) is 0.192. The average Bonchev–Trinajstić information content (AvgIpc) is 2.85. The average molecular weight is 477 g/mol. The second kappa shape index (κ2) is 12.2. The second-order valence-electron chi connectivity index (χ2n) is 7.73. The number of carbonyl (C=O) groups excluding carboxylic acids is 3. The maximum absolute atomic E-state index is 12.8. The highest BCUT2D eigenvalue weighted by Gasteiger charge is 2.16. The summed E-state index contributed by atoms with van der Waals surface area (Å²) >= 11 is 0. The molecule has 35 heavy (non-hydrogen) atoms. The molecule has 0 heterocycles. The minimum absolute atomic E-state index is 0.0129. The molecule has 0 unspecified atom stereocenters. The van der Waals surface area contributed by atoms with Crippen LogP contribution in [-0.2, 0) is 9.59 Å². The first kappa shape index (κ1) is 25.3. The number of rotatable bonds is 10. The fourth-order valence-corrected chi connectivity index (χ4v) is 3.27. The molecule has 0 aliphatic rings. The predicted octanol–water partition coefficient (Wildman–Crippen LogP) is 3.47. The molecule has 3 N–H and O–H groups in total. The summed E-state index contributed by atoms with van der Waals surface area (Å²) < 4.78 is 10.2. The molecular formula is C26H28N4O5. The van der Waals surface area contributed by atoms with Gasteiger partial charge in [-0.3, -0.25) is 19.3 Å². The van der Waals surface area contributed by atoms with Gasteiger partial charge in [0.1, 0.15) is 11.5 Å². The molecule has 0 aliphatic carbocycles. The number of hydrogen-bond donors (Lipinski definition) is 3. The lowest BCUT2D eigenvalue weighted by Crippen LogP contribution is -2.36. The Morgan fingerprint density at radius 1 is 0.686 bits per heavy atom. The number of carbonyl (C=O) groups is 3. The molecular weight excluding hydrogens is 448 g/mol. The molecule has 0 radical (unpaired) electrons. The standard InChI is InChI=1S/C26H28N4O5/c1-30(16-24(31)27-18-8-12-20(34-2)13-9-18)17-25(32)29-23-7-5-4-6-22(23)26(33)28-19-10-14-21(35-3)15-11-19/h4-15H,16-17H2,1-3H3,(H,27,31)(H,28,33)(H,29,32). The first-order valence-corrected chi connectivity index (χ1v) is 10.8. The van der Waals surface area contributed by atoms with E-state index in [4.69, 9.17) is 9.47 Å². The zero-order valence-electron chi connectivity index (χ0n) is 19.8. The van der Waals surface area contributed by atoms with Gasteiger partial charge in [0.25, 0.3) is 5.91 Å². The Morgan fingerprint density at radius 2 is 1.17 bits per heavy atom. The van der Waals surface area contributed by atoms with Gasteiger partial charge < -0.3 is 25.4 Å². The lowest BCUT2D eigenvalue weighted by atomic mass is 10.1. The van der Waals surface area contributed by atoms with Crippen LogP contribution in [0, 0.1) is 0 Å². The van der Waals surface area contributed by atoms with Crippen molar-refractivity contribution in [2.75, 3.05) is 50.3 Å². The molecule has 9 heteroatoms. The smallest absolute Gasteiger partial charge is 0.257 e. The SMILES string of the molecule is COc1ccc(NC(=O)CN(C)CC(=O)Nc2ccccc2C(=O)Nc2ccc(OC)cc2)cc1. The fourth-order valence-electron chi connectivity index (χ4n) is 3.27. The Balaban J connectivity index is 1.54. The van der Waals surface area contributed by atoms with Gasteiger partial charge in [0.15, 0.2) is 0 Å². The number of amides is 3. The summed E-state index contributed by atoms with van der Waals surface area (Å²) in [5, 5.41) is 8.33. The summed E-state index contributed by atoms with van der Waals surface area (Å²) in [6.45, 7) is -0.0243. The monoisotopic (exact) mass is 476 g/mol. The molecule has 0 atom stereocenters. The normalized spacial score (nSPS) is 10.4. The largest absolute Gasteiger partial charge is 0.497 e. The molecule has 3 aromatic carbocycles. The molecule has 0 bridgehead atoms. The summed E-state index contributed by atoms with van der Waals surface area (Å²) in [5.74, 6) is 0.393. The Hall–Kier alpha value is -4.37. The van der Waals surface area contributed by atoms with Crippen LogP contribution in [0.2, 0.25) is 0 Å². The maximum Gasteiger partial charge on any atom is 0.257 e. The highest BCUT2D eigenvalue weighted by molar-refractivity contribution is 6.10. The van der Waals surface area contributed by atoms with Crippen LogP contribution in [0.25, 0.3) is 0 Å². The van der Waals surface area contributed by atoms with Gasteiger partial charge in [0, 0.05) is 11.4 Å². The van der Waals surface area contributed by atoms with Crippen molar-refractivity contribution in [2.45, 2.75) is 0 Å². The van der Waals surface area contributed by atoms with E-state index in [9.17, 15) is 14.4 Å². The number of benzene rings is 3. The highest BCUT2D eigenvalue weighted by atomic mass is 16.5. The third kappa shape index (κ3) is 7.58. The molecule has 0 aliphatic heterocycles. The second-order valence-corrected chi connectivity index (χ2v) is 7.73. The van der Waals surface area contributed by atoms with Crippen LogP contribution in [0.5, 0.6) is 11.5 Å². The molecule has 0 saturated carbocycles. The van der Waals surface area contributed by atoms with Crippen LogP contribution in [0.3, 0.4) is 0 Å². The van der Waals surface area contributed by atoms with E-state index in [-0.39, 0.29) is 30.8 Å². The Kier molecular flexibility index (Phi) is 8.80. The van der Waals surface area contributed by atoms with E-state index >= 15 is 0 Å². The van der Waals surface area contributed by atoms with Gasteiger partial charge in [0.05, 0.1) is 38.6 Å². The summed E-state index contributed by atoms with van der Waals surface area (Å²) in [6, 6.07) is 20.6. The quantitative estimate of drug-likeness (QED) is 0.414. The first-order valence-electron chi connectivity index (χ1n) is 10.8. The van der Waals surface area contributed by atoms with E-state index in [1.807, 2.05) is 0 Å². The molecule has 3 aromatic rings. The molecule has 3 amide bonds. The molecule has 0 fully saturated rings. The van der Waals surface area contributed by atoms with Crippen LogP contribution in [0.15, 0.2) is 72.8 Å². The lowest BCUT2D eigenvalue weighted by Gasteiger charge is -2.17. The van der Waals surface area contributed by atoms with Gasteiger partial charge >= 0.3 is 0 Å². The number of methoxy groups -OCH3 is 2. The van der Waals surface area contributed by atoms with Gasteiger partial charge in [-0.25, -0.2) is 0 Å². The summed E-state index contributed by atoms with van der Waals surface area (Å²) in [6.07, 6.45) is 0. The number of likely N-dealkylation sites (N-methyl/N-ethyl adjacent to an activating group) is 1. The molecule has 9 nitrogen and oxygen atoms in total. The number of nitrogens with one attached hydrogen (secondary N) is 3. The number of nitrogens with zero attached hydrogens (tertiary/aromatic N) is 1. The Bertz CT molecular complexity index is 1160. The van der Waals surface area contributed by atoms with Crippen molar-refractivity contribution in [1.82, 2.24) is 4.90 Å². The topological polar surface area (TPSA) is 109 Å². The van der Waals surface area contributed by atoms with E-state index < -0.39 is 0 Å². The van der Waals surface area contributed by atoms with Crippen LogP contribution in [-0.4, -0.2) is 57.0 Å². The number of para-hydroxylation sites is 1. The van der Waals surface area contributed by atoms with Crippen molar-refractivity contribution in [2.24, 2.45) is 0 Å². The van der Waals surface area contributed by atoms with Crippen molar-refractivity contribution in [3.63, 3.8) is 0 Å². The number of ether oxygens (including phenoxy) is 2. The van der Waals surface area contributed by atoms with Crippen molar-refractivity contribution in [3.05, 3.63) is 78.4 Å². The van der Waals surface area contributed by atoms with Gasteiger partial charge in [-0.05, 0) is 67.7 Å². The van der Waals surface area contributed by atoms with Crippen molar-refractivity contribution < 1.29 is 23.9 Å². The van der Waals surface area contributed by atoms with Crippen molar-refractivity contribution in [3.8, 4) is 11.5 Å². The Labute approximate surface area is 204 Å². The minimum Gasteiger partial charge on any atom is -0.497 e. The third-order valence-corrected chi connectivity index (χ3v) is 4.99. The number of hydrogen-bond acceptors (Lipinski definition) is 6. The summed E-state index contributed by atoms with van der Waals surface area (Å²) in [4.78, 5) is 39.3. The predicted molar refractivity (Wildman–Crippen MR) is 135 cm³/mol.